The van der Waals surface area contributed by atoms with E-state index in [1.54, 1.807) is 6.92 Å². The Morgan fingerprint density at radius 1 is 1.11 bits per heavy atom. The number of rotatable bonds is 5. The van der Waals surface area contributed by atoms with Crippen molar-refractivity contribution in [2.24, 2.45) is 0 Å². The molecule has 1 aliphatic heterocycles. The number of halogens is 2. The summed E-state index contributed by atoms with van der Waals surface area (Å²) in [5.74, 6) is -1.32. The molecule has 4 aromatic rings. The first-order chi connectivity index (χ1) is 17.0. The summed E-state index contributed by atoms with van der Waals surface area (Å²) in [6, 6.07) is 5.81. The molecule has 1 aliphatic carbocycles. The largest absolute Gasteiger partial charge is 0.390 e. The zero-order valence-electron chi connectivity index (χ0n) is 19.3. The fourth-order valence-corrected chi connectivity index (χ4v) is 4.78. The minimum atomic E-state index is -0.721. The Labute approximate surface area is 200 Å². The summed E-state index contributed by atoms with van der Waals surface area (Å²) in [5, 5.41) is 14.2. The molecule has 9 heteroatoms. The average molecular weight is 478 g/mol. The molecule has 0 radical (unpaired) electrons. The van der Waals surface area contributed by atoms with Crippen molar-refractivity contribution in [2.75, 3.05) is 6.61 Å². The standard InChI is InChI=1S/C26H25F2N5O2/c1-14-23(13-34)32-26-22(30-14)10-21(31-25(26)19-5-2-17(27)9-20(19)28)15-6-7-35-24(8-15)16-11-29-33(12-16)18-3-4-18/h2,5,9-12,15,18,24,34H,3-4,6-8,13H2,1H3/t15-,24+/m1/s1. The maximum absolute atomic E-state index is 14.8. The molecule has 3 aromatic heterocycles. The van der Waals surface area contributed by atoms with E-state index in [2.05, 4.69) is 21.3 Å². The first-order valence-electron chi connectivity index (χ1n) is 11.9. The highest BCUT2D eigenvalue weighted by Crippen LogP contribution is 2.40. The number of hydrogen-bond acceptors (Lipinski definition) is 6. The molecule has 2 fully saturated rings. The van der Waals surface area contributed by atoms with Gasteiger partial charge in [-0.25, -0.2) is 23.7 Å². The van der Waals surface area contributed by atoms with E-state index in [-0.39, 0.29) is 24.2 Å². The lowest BCUT2D eigenvalue weighted by molar-refractivity contribution is 0.00462. The van der Waals surface area contributed by atoms with E-state index in [0.717, 1.165) is 36.6 Å². The number of fused-ring (bicyclic) bond motifs is 1. The van der Waals surface area contributed by atoms with Gasteiger partial charge in [0.05, 0.1) is 41.9 Å². The van der Waals surface area contributed by atoms with Crippen LogP contribution < -0.4 is 0 Å². The van der Waals surface area contributed by atoms with Crippen LogP contribution in [0.3, 0.4) is 0 Å². The fourth-order valence-electron chi connectivity index (χ4n) is 4.78. The maximum Gasteiger partial charge on any atom is 0.135 e. The summed E-state index contributed by atoms with van der Waals surface area (Å²) < 4.78 is 36.6. The molecule has 1 saturated heterocycles. The molecule has 4 heterocycles. The van der Waals surface area contributed by atoms with Crippen LogP contribution in [0.2, 0.25) is 0 Å². The molecule has 180 valence electrons. The predicted octanol–water partition coefficient (Wildman–Crippen LogP) is 4.94. The second-order valence-electron chi connectivity index (χ2n) is 9.37. The first-order valence-corrected chi connectivity index (χ1v) is 11.9. The van der Waals surface area contributed by atoms with Gasteiger partial charge in [0.15, 0.2) is 0 Å². The SMILES string of the molecule is Cc1nc2cc([C@@H]3CCO[C@H](c4cnn(C5CC5)c4)C3)nc(-c3ccc(F)cc3F)c2nc1CO. The molecule has 7 nitrogen and oxygen atoms in total. The highest BCUT2D eigenvalue weighted by molar-refractivity contribution is 5.89. The fraction of sp³-hybridized carbons (Fsp3) is 0.385. The van der Waals surface area contributed by atoms with Gasteiger partial charge in [-0.1, -0.05) is 0 Å². The third kappa shape index (κ3) is 4.19. The number of aromatic nitrogens is 5. The molecule has 1 N–H and O–H groups in total. The summed E-state index contributed by atoms with van der Waals surface area (Å²) in [4.78, 5) is 14.0. The number of pyridine rings is 1. The summed E-state index contributed by atoms with van der Waals surface area (Å²) in [6.45, 7) is 2.05. The molecule has 0 unspecified atom stereocenters. The van der Waals surface area contributed by atoms with E-state index in [1.807, 2.05) is 16.9 Å². The Morgan fingerprint density at radius 2 is 1.97 bits per heavy atom. The van der Waals surface area contributed by atoms with Crippen LogP contribution in [0.1, 0.15) is 66.4 Å². The molecule has 0 amide bonds. The zero-order chi connectivity index (χ0) is 24.1. The molecule has 0 bridgehead atoms. The topological polar surface area (TPSA) is 86.0 Å². The Morgan fingerprint density at radius 3 is 2.74 bits per heavy atom. The predicted molar refractivity (Wildman–Crippen MR) is 125 cm³/mol. The highest BCUT2D eigenvalue weighted by Gasteiger charge is 2.30. The van der Waals surface area contributed by atoms with Gasteiger partial charge in [-0.3, -0.25) is 4.68 Å². The number of ether oxygens (including phenoxy) is 1. The Bertz CT molecular complexity index is 1420. The van der Waals surface area contributed by atoms with E-state index in [4.69, 9.17) is 9.72 Å². The minimum Gasteiger partial charge on any atom is -0.390 e. The van der Waals surface area contributed by atoms with Crippen molar-refractivity contribution in [3.05, 3.63) is 70.9 Å². The van der Waals surface area contributed by atoms with Crippen LogP contribution in [-0.4, -0.2) is 36.4 Å². The number of benzene rings is 1. The minimum absolute atomic E-state index is 0.0595. The monoisotopic (exact) mass is 477 g/mol. The Balaban J connectivity index is 1.42. The molecule has 2 atom stereocenters. The van der Waals surface area contributed by atoms with E-state index in [1.165, 1.54) is 12.1 Å². The molecule has 2 aliphatic rings. The molecular formula is C26H25F2N5O2. The average Bonchev–Trinajstić information content (AvgIpc) is 3.59. The normalized spacial score (nSPS) is 20.5. The van der Waals surface area contributed by atoms with Gasteiger partial charge in [-0.05, 0) is 50.8 Å². The van der Waals surface area contributed by atoms with Crippen molar-refractivity contribution in [1.82, 2.24) is 24.7 Å². The number of hydrogen-bond donors (Lipinski definition) is 1. The highest BCUT2D eigenvalue weighted by atomic mass is 19.1. The molecule has 1 saturated carbocycles. The van der Waals surface area contributed by atoms with Crippen molar-refractivity contribution in [3.63, 3.8) is 0 Å². The van der Waals surface area contributed by atoms with Crippen LogP contribution >= 0.6 is 0 Å². The van der Waals surface area contributed by atoms with Crippen LogP contribution in [0.5, 0.6) is 0 Å². The lowest BCUT2D eigenvalue weighted by atomic mass is 9.89. The van der Waals surface area contributed by atoms with Crippen molar-refractivity contribution in [2.45, 2.75) is 57.3 Å². The van der Waals surface area contributed by atoms with E-state index in [9.17, 15) is 13.9 Å². The van der Waals surface area contributed by atoms with Crippen LogP contribution in [-0.2, 0) is 11.3 Å². The number of nitrogens with zero attached hydrogens (tertiary/aromatic N) is 5. The van der Waals surface area contributed by atoms with E-state index in [0.29, 0.717) is 47.2 Å². The van der Waals surface area contributed by atoms with Gasteiger partial charge in [-0.15, -0.1) is 0 Å². The summed E-state index contributed by atoms with van der Waals surface area (Å²) in [5.41, 5.74) is 4.20. The van der Waals surface area contributed by atoms with Gasteiger partial charge < -0.3 is 9.84 Å². The van der Waals surface area contributed by atoms with Gasteiger partial charge in [0.2, 0.25) is 0 Å². The lowest BCUT2D eigenvalue weighted by Gasteiger charge is -2.29. The van der Waals surface area contributed by atoms with Crippen molar-refractivity contribution in [1.29, 1.82) is 0 Å². The van der Waals surface area contributed by atoms with Gasteiger partial charge in [0.1, 0.15) is 22.8 Å². The number of aliphatic hydroxyl groups excluding tert-OH is 1. The van der Waals surface area contributed by atoms with Gasteiger partial charge >= 0.3 is 0 Å². The van der Waals surface area contributed by atoms with E-state index < -0.39 is 11.6 Å². The van der Waals surface area contributed by atoms with Gasteiger partial charge in [0, 0.05) is 41.6 Å². The molecular weight excluding hydrogens is 452 g/mol. The van der Waals surface area contributed by atoms with Crippen LogP contribution in [0, 0.1) is 18.6 Å². The van der Waals surface area contributed by atoms with Crippen LogP contribution in [0.15, 0.2) is 36.7 Å². The second-order valence-corrected chi connectivity index (χ2v) is 9.37. The van der Waals surface area contributed by atoms with Crippen LogP contribution in [0.25, 0.3) is 22.3 Å². The third-order valence-electron chi connectivity index (χ3n) is 6.90. The molecule has 35 heavy (non-hydrogen) atoms. The molecule has 0 spiro atoms. The molecule has 1 aromatic carbocycles. The van der Waals surface area contributed by atoms with Crippen molar-refractivity contribution in [3.8, 4) is 11.3 Å². The second kappa shape index (κ2) is 8.73. The number of aliphatic hydroxyl groups is 1. The van der Waals surface area contributed by atoms with Crippen molar-refractivity contribution < 1.29 is 18.6 Å². The summed E-state index contributed by atoms with van der Waals surface area (Å²) >= 11 is 0. The maximum atomic E-state index is 14.8. The zero-order valence-corrected chi connectivity index (χ0v) is 19.3. The first kappa shape index (κ1) is 22.2. The molecule has 6 rings (SSSR count). The smallest absolute Gasteiger partial charge is 0.135 e. The lowest BCUT2D eigenvalue weighted by Crippen LogP contribution is -2.19. The van der Waals surface area contributed by atoms with Crippen molar-refractivity contribution >= 4 is 11.0 Å². The summed E-state index contributed by atoms with van der Waals surface area (Å²) in [6.07, 6.45) is 7.65. The third-order valence-corrected chi connectivity index (χ3v) is 6.90. The van der Waals surface area contributed by atoms with Crippen LogP contribution in [0.4, 0.5) is 8.78 Å². The van der Waals surface area contributed by atoms with Gasteiger partial charge in [0.25, 0.3) is 0 Å². The van der Waals surface area contributed by atoms with Gasteiger partial charge in [-0.2, -0.15) is 5.10 Å². The van der Waals surface area contributed by atoms with E-state index >= 15 is 0 Å². The Hall–Kier alpha value is -3.30. The summed E-state index contributed by atoms with van der Waals surface area (Å²) in [7, 11) is 0. The quantitative estimate of drug-likeness (QED) is 0.438. The Kier molecular flexibility index (Phi) is 5.53. The number of aryl methyl sites for hydroxylation is 1.